The maximum atomic E-state index is 6.05. The molecular formula is C14H19NO. The van der Waals surface area contributed by atoms with Crippen LogP contribution < -0.4 is 5.32 Å². The zero-order valence-electron chi connectivity index (χ0n) is 9.61. The van der Waals surface area contributed by atoms with Crippen molar-refractivity contribution in [2.75, 3.05) is 13.2 Å². The highest BCUT2D eigenvalue weighted by Gasteiger charge is 2.29. The summed E-state index contributed by atoms with van der Waals surface area (Å²) >= 11 is 0. The Kier molecular flexibility index (Phi) is 2.94. The number of rotatable bonds is 1. The van der Waals surface area contributed by atoms with Gasteiger partial charge >= 0.3 is 0 Å². The van der Waals surface area contributed by atoms with Gasteiger partial charge in [-0.3, -0.25) is 0 Å². The van der Waals surface area contributed by atoms with Crippen LogP contribution >= 0.6 is 0 Å². The van der Waals surface area contributed by atoms with Crippen LogP contribution in [0.5, 0.6) is 0 Å². The Morgan fingerprint density at radius 1 is 1.19 bits per heavy atom. The fourth-order valence-corrected chi connectivity index (χ4v) is 2.90. The Hall–Kier alpha value is -0.860. The zero-order valence-corrected chi connectivity index (χ0v) is 9.61. The Balaban J connectivity index is 1.92. The van der Waals surface area contributed by atoms with Crippen molar-refractivity contribution in [3.05, 3.63) is 35.4 Å². The predicted molar refractivity (Wildman–Crippen MR) is 64.5 cm³/mol. The standard InChI is InChI=1S/C14H19NO/c1-2-7-12-11(5-1)6-4-10-16-14(12)13-8-3-9-15-13/h1-2,5,7,13-15H,3-4,6,8-10H2/t13?,14-/m0/s1. The van der Waals surface area contributed by atoms with Crippen LogP contribution in [0.2, 0.25) is 0 Å². The van der Waals surface area contributed by atoms with E-state index in [4.69, 9.17) is 4.74 Å². The SMILES string of the molecule is c1ccc2c(c1)CCCO[C@@H]2C1CCCN1. The normalized spacial score (nSPS) is 29.8. The summed E-state index contributed by atoms with van der Waals surface area (Å²) in [6, 6.07) is 9.30. The van der Waals surface area contributed by atoms with Gasteiger partial charge in [0.25, 0.3) is 0 Å². The van der Waals surface area contributed by atoms with Gasteiger partial charge in [-0.1, -0.05) is 24.3 Å². The van der Waals surface area contributed by atoms with E-state index in [1.165, 1.54) is 30.4 Å². The Bertz CT molecular complexity index is 358. The second-order valence-electron chi connectivity index (χ2n) is 4.80. The molecule has 0 radical (unpaired) electrons. The molecule has 0 aliphatic carbocycles. The van der Waals surface area contributed by atoms with Gasteiger partial charge in [0.15, 0.2) is 0 Å². The maximum absolute atomic E-state index is 6.05. The third-order valence-corrected chi connectivity index (χ3v) is 3.71. The summed E-state index contributed by atoms with van der Waals surface area (Å²) < 4.78 is 6.05. The van der Waals surface area contributed by atoms with Crippen LogP contribution in [0.4, 0.5) is 0 Å². The lowest BCUT2D eigenvalue weighted by molar-refractivity contribution is 0.0333. The van der Waals surface area contributed by atoms with E-state index in [2.05, 4.69) is 29.6 Å². The van der Waals surface area contributed by atoms with Crippen molar-refractivity contribution in [1.82, 2.24) is 5.32 Å². The summed E-state index contributed by atoms with van der Waals surface area (Å²) in [5.74, 6) is 0. The van der Waals surface area contributed by atoms with Crippen molar-refractivity contribution in [3.8, 4) is 0 Å². The third kappa shape index (κ3) is 1.87. The van der Waals surface area contributed by atoms with E-state index < -0.39 is 0 Å². The highest BCUT2D eigenvalue weighted by molar-refractivity contribution is 5.31. The van der Waals surface area contributed by atoms with Crippen molar-refractivity contribution in [3.63, 3.8) is 0 Å². The molecule has 1 N–H and O–H groups in total. The fraction of sp³-hybridized carbons (Fsp3) is 0.571. The molecule has 1 fully saturated rings. The molecule has 1 unspecified atom stereocenters. The van der Waals surface area contributed by atoms with Gasteiger partial charge in [-0.15, -0.1) is 0 Å². The van der Waals surface area contributed by atoms with Crippen molar-refractivity contribution in [2.24, 2.45) is 0 Å². The Labute approximate surface area is 97.0 Å². The van der Waals surface area contributed by atoms with Crippen LogP contribution in [0.1, 0.15) is 36.5 Å². The minimum absolute atomic E-state index is 0.279. The van der Waals surface area contributed by atoms with Crippen LogP contribution in [0.25, 0.3) is 0 Å². The predicted octanol–water partition coefficient (Wildman–Crippen LogP) is 2.44. The summed E-state index contributed by atoms with van der Waals surface area (Å²) in [6.07, 6.45) is 5.13. The van der Waals surface area contributed by atoms with E-state index >= 15 is 0 Å². The lowest BCUT2D eigenvalue weighted by Gasteiger charge is -2.24. The molecule has 2 aliphatic rings. The largest absolute Gasteiger partial charge is 0.372 e. The summed E-state index contributed by atoms with van der Waals surface area (Å²) in [6.45, 7) is 2.05. The zero-order chi connectivity index (χ0) is 10.8. The number of ether oxygens (including phenoxy) is 1. The molecule has 0 bridgehead atoms. The van der Waals surface area contributed by atoms with Crippen molar-refractivity contribution < 1.29 is 4.74 Å². The second-order valence-corrected chi connectivity index (χ2v) is 4.80. The molecular weight excluding hydrogens is 198 g/mol. The molecule has 0 aromatic heterocycles. The average Bonchev–Trinajstić information content (AvgIpc) is 2.76. The van der Waals surface area contributed by atoms with Gasteiger partial charge in [0.2, 0.25) is 0 Å². The van der Waals surface area contributed by atoms with Gasteiger partial charge in [0.1, 0.15) is 0 Å². The van der Waals surface area contributed by atoms with Crippen LogP contribution in [0.15, 0.2) is 24.3 Å². The highest BCUT2D eigenvalue weighted by Crippen LogP contribution is 2.31. The maximum Gasteiger partial charge on any atom is 0.0980 e. The first-order valence-electron chi connectivity index (χ1n) is 6.38. The van der Waals surface area contributed by atoms with E-state index in [0.29, 0.717) is 6.04 Å². The first kappa shape index (κ1) is 10.3. The van der Waals surface area contributed by atoms with Gasteiger partial charge in [-0.05, 0) is 43.4 Å². The molecule has 1 aromatic carbocycles. The molecule has 2 aliphatic heterocycles. The average molecular weight is 217 g/mol. The van der Waals surface area contributed by atoms with Crippen molar-refractivity contribution in [2.45, 2.75) is 37.8 Å². The molecule has 2 atom stereocenters. The molecule has 2 nitrogen and oxygen atoms in total. The lowest BCUT2D eigenvalue weighted by atomic mass is 9.95. The first-order chi connectivity index (χ1) is 7.95. The molecule has 1 aromatic rings. The first-order valence-corrected chi connectivity index (χ1v) is 6.38. The third-order valence-electron chi connectivity index (χ3n) is 3.71. The van der Waals surface area contributed by atoms with E-state index in [1.54, 1.807) is 0 Å². The summed E-state index contributed by atoms with van der Waals surface area (Å²) in [5, 5.41) is 3.57. The molecule has 0 saturated carbocycles. The van der Waals surface area contributed by atoms with Crippen LogP contribution in [0, 0.1) is 0 Å². The molecule has 3 rings (SSSR count). The molecule has 0 amide bonds. The molecule has 0 spiro atoms. The van der Waals surface area contributed by atoms with Gasteiger partial charge < -0.3 is 10.1 Å². The van der Waals surface area contributed by atoms with E-state index in [-0.39, 0.29) is 6.10 Å². The highest BCUT2D eigenvalue weighted by atomic mass is 16.5. The van der Waals surface area contributed by atoms with Gasteiger partial charge in [-0.2, -0.15) is 0 Å². The van der Waals surface area contributed by atoms with E-state index in [0.717, 1.165) is 19.6 Å². The Morgan fingerprint density at radius 2 is 2.12 bits per heavy atom. The fourth-order valence-electron chi connectivity index (χ4n) is 2.90. The molecule has 1 saturated heterocycles. The van der Waals surface area contributed by atoms with Crippen LogP contribution in [-0.2, 0) is 11.2 Å². The summed E-state index contributed by atoms with van der Waals surface area (Å²) in [7, 11) is 0. The number of aryl methyl sites for hydroxylation is 1. The van der Waals surface area contributed by atoms with Gasteiger partial charge in [-0.25, -0.2) is 0 Å². The summed E-state index contributed by atoms with van der Waals surface area (Å²) in [5.41, 5.74) is 2.90. The number of nitrogens with one attached hydrogen (secondary N) is 1. The molecule has 2 heterocycles. The van der Waals surface area contributed by atoms with E-state index in [9.17, 15) is 0 Å². The monoisotopic (exact) mass is 217 g/mol. The minimum Gasteiger partial charge on any atom is -0.372 e. The van der Waals surface area contributed by atoms with Crippen LogP contribution in [0.3, 0.4) is 0 Å². The number of hydrogen-bond acceptors (Lipinski definition) is 2. The smallest absolute Gasteiger partial charge is 0.0980 e. The van der Waals surface area contributed by atoms with Crippen molar-refractivity contribution >= 4 is 0 Å². The number of benzene rings is 1. The van der Waals surface area contributed by atoms with Crippen LogP contribution in [-0.4, -0.2) is 19.2 Å². The minimum atomic E-state index is 0.279. The number of hydrogen-bond donors (Lipinski definition) is 1. The summed E-state index contributed by atoms with van der Waals surface area (Å²) in [4.78, 5) is 0. The molecule has 86 valence electrons. The second kappa shape index (κ2) is 4.56. The topological polar surface area (TPSA) is 21.3 Å². The van der Waals surface area contributed by atoms with Crippen molar-refractivity contribution in [1.29, 1.82) is 0 Å². The number of fused-ring (bicyclic) bond motifs is 1. The lowest BCUT2D eigenvalue weighted by Crippen LogP contribution is -2.30. The quantitative estimate of drug-likeness (QED) is 0.780. The van der Waals surface area contributed by atoms with Gasteiger partial charge in [0.05, 0.1) is 6.10 Å². The molecule has 2 heteroatoms. The van der Waals surface area contributed by atoms with Gasteiger partial charge in [0, 0.05) is 12.6 Å². The van der Waals surface area contributed by atoms with E-state index in [1.807, 2.05) is 0 Å². The molecule has 16 heavy (non-hydrogen) atoms. The Morgan fingerprint density at radius 3 is 3.00 bits per heavy atom.